The van der Waals surface area contributed by atoms with E-state index in [1.165, 1.54) is 11.1 Å². The molecule has 0 bridgehead atoms. The summed E-state index contributed by atoms with van der Waals surface area (Å²) in [6.45, 7) is 7.54. The molecule has 1 aliphatic heterocycles. The Bertz CT molecular complexity index is 725. The molecule has 0 saturated carbocycles. The monoisotopic (exact) mass is 327 g/mol. The van der Waals surface area contributed by atoms with E-state index in [1.807, 2.05) is 14.0 Å². The Morgan fingerprint density at radius 1 is 1.33 bits per heavy atom. The quantitative estimate of drug-likeness (QED) is 0.939. The molecule has 24 heavy (non-hydrogen) atoms. The molecule has 5 heteroatoms. The molecule has 0 unspecified atom stereocenters. The molecule has 128 valence electrons. The number of nitrogens with one attached hydrogen (secondary N) is 1. The first kappa shape index (κ1) is 16.7. The molecule has 0 radical (unpaired) electrons. The van der Waals surface area contributed by atoms with Gasteiger partial charge in [0.2, 0.25) is 0 Å². The van der Waals surface area contributed by atoms with Crippen molar-refractivity contribution in [2.45, 2.75) is 39.2 Å². The first-order chi connectivity index (χ1) is 11.4. The van der Waals surface area contributed by atoms with Crippen LogP contribution in [0.3, 0.4) is 0 Å². The lowest BCUT2D eigenvalue weighted by Gasteiger charge is -2.16. The number of aryl methyl sites for hydroxylation is 3. The molecular weight excluding hydrogens is 302 g/mol. The summed E-state index contributed by atoms with van der Waals surface area (Å²) >= 11 is 0. The van der Waals surface area contributed by atoms with Crippen LogP contribution in [0, 0.1) is 13.8 Å². The van der Waals surface area contributed by atoms with Crippen molar-refractivity contribution in [2.24, 2.45) is 7.05 Å². The highest BCUT2D eigenvalue weighted by Gasteiger charge is 2.27. The van der Waals surface area contributed by atoms with Crippen LogP contribution in [0.2, 0.25) is 0 Å². The second-order valence-corrected chi connectivity index (χ2v) is 6.78. The largest absolute Gasteiger partial charge is 0.381 e. The summed E-state index contributed by atoms with van der Waals surface area (Å²) in [5, 5.41) is 7.61. The maximum absolute atomic E-state index is 12.8. The molecule has 1 amide bonds. The van der Waals surface area contributed by atoms with Crippen molar-refractivity contribution in [2.75, 3.05) is 13.2 Å². The summed E-state index contributed by atoms with van der Waals surface area (Å²) < 4.78 is 7.16. The maximum atomic E-state index is 12.8. The number of ether oxygens (including phenoxy) is 1. The highest BCUT2D eigenvalue weighted by molar-refractivity contribution is 5.95. The van der Waals surface area contributed by atoms with Crippen molar-refractivity contribution in [1.82, 2.24) is 15.1 Å². The summed E-state index contributed by atoms with van der Waals surface area (Å²) in [5.74, 6) is 0.139. The third kappa shape index (κ3) is 3.51. The van der Waals surface area contributed by atoms with Gasteiger partial charge in [0.15, 0.2) is 0 Å². The predicted molar refractivity (Wildman–Crippen MR) is 93.2 cm³/mol. The molecule has 2 heterocycles. The van der Waals surface area contributed by atoms with Crippen molar-refractivity contribution >= 4 is 5.91 Å². The molecule has 3 rings (SSSR count). The van der Waals surface area contributed by atoms with Gasteiger partial charge in [-0.3, -0.25) is 9.48 Å². The van der Waals surface area contributed by atoms with E-state index in [-0.39, 0.29) is 17.9 Å². The lowest BCUT2D eigenvalue weighted by molar-refractivity contribution is 0.0938. The first-order valence-corrected chi connectivity index (χ1v) is 8.44. The highest BCUT2D eigenvalue weighted by atomic mass is 16.5. The van der Waals surface area contributed by atoms with E-state index in [4.69, 9.17) is 4.74 Å². The van der Waals surface area contributed by atoms with Gasteiger partial charge in [0.25, 0.3) is 5.91 Å². The Balaban J connectivity index is 1.79. The zero-order valence-corrected chi connectivity index (χ0v) is 14.8. The molecule has 0 aliphatic carbocycles. The van der Waals surface area contributed by atoms with Crippen LogP contribution in [0.15, 0.2) is 24.4 Å². The number of nitrogens with zero attached hydrogens (tertiary/aromatic N) is 2. The summed E-state index contributed by atoms with van der Waals surface area (Å²) in [5.41, 5.74) is 5.03. The third-order valence-electron chi connectivity index (χ3n) is 4.51. The molecule has 5 nitrogen and oxygen atoms in total. The molecule has 1 fully saturated rings. The van der Waals surface area contributed by atoms with Crippen molar-refractivity contribution in [3.8, 4) is 0 Å². The minimum absolute atomic E-state index is 0.0519. The van der Waals surface area contributed by atoms with Gasteiger partial charge in [-0.25, -0.2) is 0 Å². The number of rotatable bonds is 4. The van der Waals surface area contributed by atoms with Gasteiger partial charge in [-0.1, -0.05) is 29.3 Å². The third-order valence-corrected chi connectivity index (χ3v) is 4.51. The molecule has 1 N–H and O–H groups in total. The fourth-order valence-corrected chi connectivity index (χ4v) is 3.35. The molecule has 2 atom stereocenters. The zero-order valence-electron chi connectivity index (χ0n) is 14.8. The summed E-state index contributed by atoms with van der Waals surface area (Å²) in [6.07, 6.45) is 2.72. The standard InChI is InChI=1S/C19H25N3O2/c1-12-7-13(2)9-16(8-12)14(3)20-19(23)17-10-22(4)21-18(17)15-5-6-24-11-15/h7-10,14-15H,5-6,11H2,1-4H3,(H,20,23)/t14-,15-/m0/s1. The van der Waals surface area contributed by atoms with Crippen molar-refractivity contribution in [1.29, 1.82) is 0 Å². The Labute approximate surface area is 143 Å². The van der Waals surface area contributed by atoms with Crippen LogP contribution in [0.4, 0.5) is 0 Å². The molecule has 0 spiro atoms. The summed E-state index contributed by atoms with van der Waals surface area (Å²) in [6, 6.07) is 6.32. The Hall–Kier alpha value is -2.14. The van der Waals surface area contributed by atoms with Gasteiger partial charge in [0, 0.05) is 25.8 Å². The van der Waals surface area contributed by atoms with E-state index in [2.05, 4.69) is 42.5 Å². The van der Waals surface area contributed by atoms with Gasteiger partial charge < -0.3 is 10.1 Å². The lowest BCUT2D eigenvalue weighted by atomic mass is 9.99. The Kier molecular flexibility index (Phi) is 4.71. The first-order valence-electron chi connectivity index (χ1n) is 8.44. The zero-order chi connectivity index (χ0) is 17.3. The summed E-state index contributed by atoms with van der Waals surface area (Å²) in [4.78, 5) is 12.8. The van der Waals surface area contributed by atoms with Gasteiger partial charge in [-0.2, -0.15) is 5.10 Å². The normalized spacial score (nSPS) is 18.6. The van der Waals surface area contributed by atoms with Crippen molar-refractivity contribution in [3.05, 3.63) is 52.3 Å². The molecular formula is C19H25N3O2. The lowest BCUT2D eigenvalue weighted by Crippen LogP contribution is -2.27. The van der Waals surface area contributed by atoms with Crippen LogP contribution < -0.4 is 5.32 Å². The summed E-state index contributed by atoms with van der Waals surface area (Å²) in [7, 11) is 1.85. The predicted octanol–water partition coefficient (Wildman–Crippen LogP) is 3.03. The topological polar surface area (TPSA) is 56.2 Å². The Morgan fingerprint density at radius 2 is 2.04 bits per heavy atom. The van der Waals surface area contributed by atoms with E-state index in [1.54, 1.807) is 10.9 Å². The minimum Gasteiger partial charge on any atom is -0.381 e. The minimum atomic E-state index is -0.0725. The van der Waals surface area contributed by atoms with Gasteiger partial charge in [-0.05, 0) is 32.8 Å². The number of amides is 1. The second kappa shape index (κ2) is 6.77. The van der Waals surface area contributed by atoms with E-state index < -0.39 is 0 Å². The van der Waals surface area contributed by atoms with E-state index in [0.29, 0.717) is 12.2 Å². The van der Waals surface area contributed by atoms with Crippen LogP contribution in [0.1, 0.15) is 58.0 Å². The molecule has 2 aromatic rings. The van der Waals surface area contributed by atoms with Crippen molar-refractivity contribution in [3.63, 3.8) is 0 Å². The highest BCUT2D eigenvalue weighted by Crippen LogP contribution is 2.27. The number of carbonyl (C=O) groups excluding carboxylic acids is 1. The van der Waals surface area contributed by atoms with E-state index >= 15 is 0 Å². The van der Waals surface area contributed by atoms with Crippen LogP contribution in [0.5, 0.6) is 0 Å². The number of benzene rings is 1. The maximum Gasteiger partial charge on any atom is 0.255 e. The van der Waals surface area contributed by atoms with Gasteiger partial charge in [0.1, 0.15) is 0 Å². The number of hydrogen-bond donors (Lipinski definition) is 1. The van der Waals surface area contributed by atoms with E-state index in [0.717, 1.165) is 24.3 Å². The molecule has 1 saturated heterocycles. The molecule has 1 aromatic heterocycles. The van der Waals surface area contributed by atoms with Gasteiger partial charge in [-0.15, -0.1) is 0 Å². The SMILES string of the molecule is Cc1cc(C)cc([C@H](C)NC(=O)c2cn(C)nc2[C@H]2CCOC2)c1. The van der Waals surface area contributed by atoms with E-state index in [9.17, 15) is 4.79 Å². The second-order valence-electron chi connectivity index (χ2n) is 6.78. The van der Waals surface area contributed by atoms with Crippen LogP contribution >= 0.6 is 0 Å². The van der Waals surface area contributed by atoms with Gasteiger partial charge >= 0.3 is 0 Å². The number of carbonyl (C=O) groups is 1. The molecule has 1 aliphatic rings. The fraction of sp³-hybridized carbons (Fsp3) is 0.474. The van der Waals surface area contributed by atoms with Crippen molar-refractivity contribution < 1.29 is 9.53 Å². The Morgan fingerprint density at radius 3 is 2.67 bits per heavy atom. The smallest absolute Gasteiger partial charge is 0.255 e. The number of aromatic nitrogens is 2. The van der Waals surface area contributed by atoms with Gasteiger partial charge in [0.05, 0.1) is 23.9 Å². The average molecular weight is 327 g/mol. The van der Waals surface area contributed by atoms with Crippen LogP contribution in [-0.2, 0) is 11.8 Å². The van der Waals surface area contributed by atoms with Crippen LogP contribution in [0.25, 0.3) is 0 Å². The fourth-order valence-electron chi connectivity index (χ4n) is 3.35. The average Bonchev–Trinajstić information content (AvgIpc) is 3.14. The molecule has 1 aromatic carbocycles. The van der Waals surface area contributed by atoms with Crippen LogP contribution in [-0.4, -0.2) is 28.9 Å². The number of hydrogen-bond acceptors (Lipinski definition) is 3.